The molecule has 24 heavy (non-hydrogen) atoms. The highest BCUT2D eigenvalue weighted by Gasteiger charge is 2.35. The monoisotopic (exact) mass is 344 g/mol. The first-order chi connectivity index (χ1) is 11.3. The van der Waals surface area contributed by atoms with Gasteiger partial charge in [-0.05, 0) is 25.2 Å². The molecule has 3 unspecified atom stereocenters. The third-order valence-electron chi connectivity index (χ3n) is 3.99. The Balaban J connectivity index is 2.73. The molecule has 0 saturated heterocycles. The molecule has 1 rings (SSSR count). The molecule has 1 amide bonds. The molecule has 0 radical (unpaired) electrons. The average molecular weight is 344 g/mol. The van der Waals surface area contributed by atoms with Crippen molar-refractivity contribution in [3.63, 3.8) is 0 Å². The minimum absolute atomic E-state index is 0.158. The Hall–Kier alpha value is -2.16. The number of nitrogens with two attached hydrogens (primary N) is 1. The zero-order valence-corrected chi connectivity index (χ0v) is 13.8. The van der Waals surface area contributed by atoms with E-state index in [0.717, 1.165) is 26.4 Å². The Morgan fingerprint density at radius 3 is 2.38 bits per heavy atom. The van der Waals surface area contributed by atoms with Crippen molar-refractivity contribution in [3.8, 4) is 0 Å². The van der Waals surface area contributed by atoms with E-state index in [1.807, 2.05) is 6.92 Å². The highest BCUT2D eigenvalue weighted by Crippen LogP contribution is 2.26. The van der Waals surface area contributed by atoms with Crippen molar-refractivity contribution in [2.45, 2.75) is 57.2 Å². The van der Waals surface area contributed by atoms with E-state index in [-0.39, 0.29) is 12.0 Å². The molecule has 0 aromatic carbocycles. The summed E-state index contributed by atoms with van der Waals surface area (Å²) in [6.07, 6.45) is 2.61. The number of carbonyl (C=O) groups is 4. The van der Waals surface area contributed by atoms with Crippen LogP contribution in [0.5, 0.6) is 0 Å². The summed E-state index contributed by atoms with van der Waals surface area (Å²) in [5.74, 6) is -3.99. The number of amides is 1. The SMILES string of the molecule is COC(=O)C(NC(=O)[C@H](N)CC(=O)O)C(=O)OC1CCCCC1C. The van der Waals surface area contributed by atoms with Crippen molar-refractivity contribution in [2.24, 2.45) is 11.7 Å². The number of carboxylic acid groups (broad SMARTS) is 1. The zero-order valence-electron chi connectivity index (χ0n) is 13.8. The van der Waals surface area contributed by atoms with Crippen LogP contribution in [0.2, 0.25) is 0 Å². The first kappa shape index (κ1) is 19.9. The highest BCUT2D eigenvalue weighted by atomic mass is 16.6. The number of esters is 2. The molecule has 1 saturated carbocycles. The number of nitrogens with one attached hydrogen (secondary N) is 1. The average Bonchev–Trinajstić information content (AvgIpc) is 2.52. The number of rotatable bonds is 7. The van der Waals surface area contributed by atoms with Crippen LogP contribution in [0.3, 0.4) is 0 Å². The summed E-state index contributed by atoms with van der Waals surface area (Å²) in [7, 11) is 1.06. The van der Waals surface area contributed by atoms with E-state index in [1.165, 1.54) is 0 Å². The molecule has 1 fully saturated rings. The van der Waals surface area contributed by atoms with Crippen molar-refractivity contribution in [1.82, 2.24) is 5.32 Å². The van der Waals surface area contributed by atoms with Gasteiger partial charge in [0, 0.05) is 0 Å². The molecule has 0 aliphatic heterocycles. The van der Waals surface area contributed by atoms with Crippen LogP contribution in [0.4, 0.5) is 0 Å². The van der Waals surface area contributed by atoms with Gasteiger partial charge in [-0.1, -0.05) is 13.3 Å². The molecular weight excluding hydrogens is 320 g/mol. The summed E-state index contributed by atoms with van der Waals surface area (Å²) >= 11 is 0. The molecular formula is C15H24N2O7. The van der Waals surface area contributed by atoms with Crippen molar-refractivity contribution < 1.29 is 33.8 Å². The van der Waals surface area contributed by atoms with Gasteiger partial charge in [0.25, 0.3) is 0 Å². The number of hydrogen-bond acceptors (Lipinski definition) is 7. The molecule has 4 N–H and O–H groups in total. The molecule has 0 aromatic heterocycles. The lowest BCUT2D eigenvalue weighted by atomic mass is 9.88. The van der Waals surface area contributed by atoms with Crippen LogP contribution >= 0.6 is 0 Å². The van der Waals surface area contributed by atoms with Crippen LogP contribution in [0.15, 0.2) is 0 Å². The van der Waals surface area contributed by atoms with E-state index in [1.54, 1.807) is 0 Å². The van der Waals surface area contributed by atoms with Gasteiger partial charge in [-0.25, -0.2) is 9.59 Å². The largest absolute Gasteiger partial charge is 0.481 e. The Morgan fingerprint density at radius 1 is 1.21 bits per heavy atom. The molecule has 9 nitrogen and oxygen atoms in total. The molecule has 0 bridgehead atoms. The third kappa shape index (κ3) is 5.80. The van der Waals surface area contributed by atoms with Gasteiger partial charge >= 0.3 is 17.9 Å². The second-order valence-corrected chi connectivity index (χ2v) is 5.91. The minimum Gasteiger partial charge on any atom is -0.481 e. The number of methoxy groups -OCH3 is 1. The number of aliphatic carboxylic acids is 1. The summed E-state index contributed by atoms with van der Waals surface area (Å²) in [6, 6.07) is -3.06. The van der Waals surface area contributed by atoms with Crippen molar-refractivity contribution in [1.29, 1.82) is 0 Å². The summed E-state index contributed by atoms with van der Waals surface area (Å²) in [5, 5.41) is 10.7. The summed E-state index contributed by atoms with van der Waals surface area (Å²) < 4.78 is 9.84. The van der Waals surface area contributed by atoms with Gasteiger partial charge in [0.15, 0.2) is 0 Å². The molecule has 0 aromatic rings. The zero-order chi connectivity index (χ0) is 18.3. The normalized spacial score (nSPS) is 22.8. The van der Waals surface area contributed by atoms with E-state index in [9.17, 15) is 19.2 Å². The first-order valence-corrected chi connectivity index (χ1v) is 7.82. The van der Waals surface area contributed by atoms with Crippen LogP contribution < -0.4 is 11.1 Å². The Bertz CT molecular complexity index is 494. The van der Waals surface area contributed by atoms with E-state index in [2.05, 4.69) is 10.1 Å². The Kier molecular flexibility index (Phi) is 7.63. The maximum absolute atomic E-state index is 12.2. The van der Waals surface area contributed by atoms with E-state index in [0.29, 0.717) is 6.42 Å². The van der Waals surface area contributed by atoms with E-state index in [4.69, 9.17) is 15.6 Å². The van der Waals surface area contributed by atoms with E-state index >= 15 is 0 Å². The lowest BCUT2D eigenvalue weighted by Gasteiger charge is -2.29. The van der Waals surface area contributed by atoms with Gasteiger partial charge in [0.05, 0.1) is 19.6 Å². The van der Waals surface area contributed by atoms with Gasteiger partial charge in [-0.3, -0.25) is 9.59 Å². The smallest absolute Gasteiger partial charge is 0.340 e. The molecule has 4 atom stereocenters. The van der Waals surface area contributed by atoms with Gasteiger partial charge in [0.2, 0.25) is 11.9 Å². The second-order valence-electron chi connectivity index (χ2n) is 5.91. The first-order valence-electron chi connectivity index (χ1n) is 7.82. The number of carbonyl (C=O) groups excluding carboxylic acids is 3. The lowest BCUT2D eigenvalue weighted by Crippen LogP contribution is -2.54. The number of carboxylic acids is 1. The lowest BCUT2D eigenvalue weighted by molar-refractivity contribution is -0.164. The van der Waals surface area contributed by atoms with Gasteiger partial charge in [-0.15, -0.1) is 0 Å². The molecule has 9 heteroatoms. The Morgan fingerprint density at radius 2 is 1.83 bits per heavy atom. The fourth-order valence-electron chi connectivity index (χ4n) is 2.54. The van der Waals surface area contributed by atoms with Crippen molar-refractivity contribution in [2.75, 3.05) is 7.11 Å². The van der Waals surface area contributed by atoms with Crippen LogP contribution in [0.25, 0.3) is 0 Å². The fraction of sp³-hybridized carbons (Fsp3) is 0.733. The molecule has 136 valence electrons. The maximum atomic E-state index is 12.2. The fourth-order valence-corrected chi connectivity index (χ4v) is 2.54. The van der Waals surface area contributed by atoms with Gasteiger partial charge in [-0.2, -0.15) is 0 Å². The maximum Gasteiger partial charge on any atom is 0.340 e. The van der Waals surface area contributed by atoms with Gasteiger partial charge in [0.1, 0.15) is 6.10 Å². The molecule has 1 aliphatic carbocycles. The summed E-state index contributed by atoms with van der Waals surface area (Å²) in [4.78, 5) is 46.4. The topological polar surface area (TPSA) is 145 Å². The Labute approximate surface area is 139 Å². The molecule has 1 aliphatic rings. The van der Waals surface area contributed by atoms with Gasteiger partial charge < -0.3 is 25.6 Å². The van der Waals surface area contributed by atoms with E-state index < -0.39 is 42.3 Å². The number of ether oxygens (including phenoxy) is 2. The summed E-state index contributed by atoms with van der Waals surface area (Å²) in [6.45, 7) is 1.95. The predicted octanol–water partition coefficient (Wildman–Crippen LogP) is -0.432. The van der Waals surface area contributed by atoms with Crippen LogP contribution in [-0.2, 0) is 28.7 Å². The summed E-state index contributed by atoms with van der Waals surface area (Å²) in [5.41, 5.74) is 5.42. The van der Waals surface area contributed by atoms with Crippen molar-refractivity contribution >= 4 is 23.8 Å². The van der Waals surface area contributed by atoms with Crippen LogP contribution in [-0.4, -0.2) is 54.2 Å². The van der Waals surface area contributed by atoms with Crippen molar-refractivity contribution in [3.05, 3.63) is 0 Å². The predicted molar refractivity (Wildman–Crippen MR) is 81.7 cm³/mol. The quantitative estimate of drug-likeness (QED) is 0.416. The minimum atomic E-state index is -1.67. The highest BCUT2D eigenvalue weighted by molar-refractivity contribution is 6.03. The second kappa shape index (κ2) is 9.21. The third-order valence-corrected chi connectivity index (χ3v) is 3.99. The molecule has 0 heterocycles. The standard InChI is InChI=1S/C15H24N2O7/c1-8-5-3-4-6-10(8)24-15(22)12(14(21)23-2)17-13(20)9(16)7-11(18)19/h8-10,12H,3-7,16H2,1-2H3,(H,17,20)(H,18,19)/t8?,9-,10?,12?/m1/s1. The van der Waals surface area contributed by atoms with Crippen LogP contribution in [0, 0.1) is 5.92 Å². The number of hydrogen-bond donors (Lipinski definition) is 3. The molecule has 0 spiro atoms. The van der Waals surface area contributed by atoms with Crippen LogP contribution in [0.1, 0.15) is 39.0 Å².